The smallest absolute Gasteiger partial charge is 0.303 e. The Kier molecular flexibility index (Phi) is 9.86. The van der Waals surface area contributed by atoms with Crippen molar-refractivity contribution in [3.63, 3.8) is 0 Å². The van der Waals surface area contributed by atoms with Crippen LogP contribution in [0.2, 0.25) is 0 Å². The standard InChI is InChI=1S/C21H25ClO12S/c1-11(23)29-9-17-18(30-12(2)24)19(31-13(3)25)20(32-14(4)26)21(34-17)33-16-7-5-15(6-8-16)10-35(22,27)28/h5-8,17-21H,9-10H2,1-4H3/t17-,18+,19+,20-,21-/m1/s1. The Hall–Kier alpha value is -2.90. The molecule has 1 aromatic carbocycles. The summed E-state index contributed by atoms with van der Waals surface area (Å²) < 4.78 is 55.1. The molecule has 5 atom stereocenters. The third-order valence-electron chi connectivity index (χ3n) is 4.46. The Morgan fingerprint density at radius 2 is 1.34 bits per heavy atom. The van der Waals surface area contributed by atoms with Crippen LogP contribution in [0.25, 0.3) is 0 Å². The quantitative estimate of drug-likeness (QED) is 0.253. The van der Waals surface area contributed by atoms with Crippen molar-refractivity contribution in [1.29, 1.82) is 0 Å². The van der Waals surface area contributed by atoms with Crippen molar-refractivity contribution < 1.29 is 56.0 Å². The molecule has 2 rings (SSSR count). The van der Waals surface area contributed by atoms with Crippen molar-refractivity contribution in [2.45, 2.75) is 64.2 Å². The second-order valence-electron chi connectivity index (χ2n) is 7.51. The second-order valence-corrected chi connectivity index (χ2v) is 10.3. The summed E-state index contributed by atoms with van der Waals surface area (Å²) in [5.74, 6) is -3.19. The number of ether oxygens (including phenoxy) is 6. The average molecular weight is 537 g/mol. The molecule has 1 aliphatic rings. The Labute approximate surface area is 206 Å². The van der Waals surface area contributed by atoms with Crippen LogP contribution in [-0.4, -0.2) is 69.6 Å². The molecule has 0 saturated carbocycles. The van der Waals surface area contributed by atoms with Crippen molar-refractivity contribution >= 4 is 43.6 Å². The Bertz CT molecular complexity index is 1040. The van der Waals surface area contributed by atoms with Crippen LogP contribution in [0, 0.1) is 0 Å². The van der Waals surface area contributed by atoms with Crippen LogP contribution in [0.3, 0.4) is 0 Å². The van der Waals surface area contributed by atoms with Gasteiger partial charge in [0.15, 0.2) is 12.2 Å². The maximum absolute atomic E-state index is 11.8. The first kappa shape index (κ1) is 28.3. The third kappa shape index (κ3) is 9.34. The third-order valence-corrected chi connectivity index (χ3v) is 5.47. The molecule has 1 saturated heterocycles. The first-order valence-corrected chi connectivity index (χ1v) is 12.7. The molecule has 0 radical (unpaired) electrons. The zero-order valence-electron chi connectivity index (χ0n) is 19.3. The van der Waals surface area contributed by atoms with Gasteiger partial charge in [-0.05, 0) is 17.7 Å². The molecular weight excluding hydrogens is 512 g/mol. The fourth-order valence-corrected chi connectivity index (χ4v) is 4.25. The molecule has 0 aromatic heterocycles. The van der Waals surface area contributed by atoms with Crippen molar-refractivity contribution in [1.82, 2.24) is 0 Å². The molecule has 12 nitrogen and oxygen atoms in total. The fourth-order valence-electron chi connectivity index (χ4n) is 3.28. The summed E-state index contributed by atoms with van der Waals surface area (Å²) in [5.41, 5.74) is 0.383. The Morgan fingerprint density at radius 3 is 1.83 bits per heavy atom. The molecule has 194 valence electrons. The van der Waals surface area contributed by atoms with Crippen LogP contribution < -0.4 is 4.74 Å². The van der Waals surface area contributed by atoms with Gasteiger partial charge < -0.3 is 28.4 Å². The molecule has 1 fully saturated rings. The molecule has 0 amide bonds. The van der Waals surface area contributed by atoms with Crippen molar-refractivity contribution in [2.75, 3.05) is 6.61 Å². The Balaban J connectivity index is 2.41. The van der Waals surface area contributed by atoms with Gasteiger partial charge in [-0.3, -0.25) is 19.2 Å². The summed E-state index contributed by atoms with van der Waals surface area (Å²) >= 11 is 0. The molecule has 0 N–H and O–H groups in total. The number of hydrogen-bond acceptors (Lipinski definition) is 12. The topological polar surface area (TPSA) is 158 Å². The maximum Gasteiger partial charge on any atom is 0.303 e. The summed E-state index contributed by atoms with van der Waals surface area (Å²) in [7, 11) is 1.49. The van der Waals surface area contributed by atoms with Gasteiger partial charge in [0.05, 0.1) is 5.75 Å². The molecule has 0 bridgehead atoms. The molecule has 1 heterocycles. The van der Waals surface area contributed by atoms with E-state index in [4.69, 9.17) is 39.1 Å². The van der Waals surface area contributed by atoms with Crippen LogP contribution in [-0.2, 0) is 57.7 Å². The van der Waals surface area contributed by atoms with Gasteiger partial charge in [-0.2, -0.15) is 0 Å². The number of carbonyl (C=O) groups excluding carboxylic acids is 4. The highest BCUT2D eigenvalue weighted by Crippen LogP contribution is 2.31. The zero-order valence-corrected chi connectivity index (χ0v) is 20.9. The van der Waals surface area contributed by atoms with E-state index in [1.165, 1.54) is 24.3 Å². The number of esters is 4. The molecule has 1 aliphatic heterocycles. The molecule has 14 heteroatoms. The highest BCUT2D eigenvalue weighted by Gasteiger charge is 2.53. The van der Waals surface area contributed by atoms with Crippen LogP contribution >= 0.6 is 10.7 Å². The zero-order chi connectivity index (χ0) is 26.3. The SMILES string of the molecule is CC(=O)OC[C@H]1O[C@@H](Oc2ccc(CS(=O)(=O)Cl)cc2)[C@H](OC(C)=O)[C@@H](OC(C)=O)[C@H]1OC(C)=O. The summed E-state index contributed by atoms with van der Waals surface area (Å²) in [5, 5.41) is 0. The van der Waals surface area contributed by atoms with Crippen molar-refractivity contribution in [3.8, 4) is 5.75 Å². The fraction of sp³-hybridized carbons (Fsp3) is 0.524. The van der Waals surface area contributed by atoms with E-state index >= 15 is 0 Å². The highest BCUT2D eigenvalue weighted by atomic mass is 35.7. The number of carbonyl (C=O) groups is 4. The molecule has 0 aliphatic carbocycles. The number of rotatable bonds is 9. The lowest BCUT2D eigenvalue weighted by Crippen LogP contribution is -2.63. The van der Waals surface area contributed by atoms with Gasteiger partial charge in [0, 0.05) is 38.4 Å². The minimum absolute atomic E-state index is 0.168. The monoisotopic (exact) mass is 536 g/mol. The van der Waals surface area contributed by atoms with Gasteiger partial charge in [0.1, 0.15) is 18.5 Å². The van der Waals surface area contributed by atoms with Gasteiger partial charge in [-0.1, -0.05) is 12.1 Å². The number of benzene rings is 1. The Morgan fingerprint density at radius 1 is 0.829 bits per heavy atom. The van der Waals surface area contributed by atoms with Gasteiger partial charge in [-0.15, -0.1) is 0 Å². The average Bonchev–Trinajstić information content (AvgIpc) is 2.70. The largest absolute Gasteiger partial charge is 0.463 e. The van der Waals surface area contributed by atoms with E-state index in [2.05, 4.69) is 0 Å². The van der Waals surface area contributed by atoms with E-state index < -0.39 is 76.0 Å². The molecule has 0 spiro atoms. The van der Waals surface area contributed by atoms with Crippen molar-refractivity contribution in [3.05, 3.63) is 29.8 Å². The van der Waals surface area contributed by atoms with Crippen LogP contribution in [0.5, 0.6) is 5.75 Å². The minimum atomic E-state index is -3.78. The highest BCUT2D eigenvalue weighted by molar-refractivity contribution is 8.13. The summed E-state index contributed by atoms with van der Waals surface area (Å²) in [6, 6.07) is 5.73. The second kappa shape index (κ2) is 12.2. The predicted octanol–water partition coefficient (Wildman–Crippen LogP) is 1.22. The summed E-state index contributed by atoms with van der Waals surface area (Å²) in [6.45, 7) is 4.08. The van der Waals surface area contributed by atoms with E-state index in [1.807, 2.05) is 0 Å². The van der Waals surface area contributed by atoms with E-state index in [1.54, 1.807) is 0 Å². The first-order chi connectivity index (χ1) is 16.2. The van der Waals surface area contributed by atoms with Crippen LogP contribution in [0.15, 0.2) is 24.3 Å². The summed E-state index contributed by atoms with van der Waals surface area (Å²) in [4.78, 5) is 46.8. The van der Waals surface area contributed by atoms with Crippen LogP contribution in [0.4, 0.5) is 0 Å². The lowest BCUT2D eigenvalue weighted by molar-refractivity contribution is -0.288. The van der Waals surface area contributed by atoms with Gasteiger partial charge in [0.2, 0.25) is 21.4 Å². The van der Waals surface area contributed by atoms with Crippen LogP contribution in [0.1, 0.15) is 33.3 Å². The van der Waals surface area contributed by atoms with E-state index in [-0.39, 0.29) is 5.75 Å². The minimum Gasteiger partial charge on any atom is -0.463 e. The molecule has 1 aromatic rings. The molecule has 0 unspecified atom stereocenters. The van der Waals surface area contributed by atoms with Gasteiger partial charge in [0.25, 0.3) is 0 Å². The van der Waals surface area contributed by atoms with E-state index in [0.717, 1.165) is 27.7 Å². The predicted molar refractivity (Wildman–Crippen MR) is 118 cm³/mol. The van der Waals surface area contributed by atoms with Gasteiger partial charge in [-0.25, -0.2) is 8.42 Å². The lowest BCUT2D eigenvalue weighted by atomic mass is 9.98. The van der Waals surface area contributed by atoms with E-state index in [0.29, 0.717) is 5.56 Å². The number of hydrogen-bond donors (Lipinski definition) is 0. The normalized spacial score (nSPS) is 24.1. The summed E-state index contributed by atoms with van der Waals surface area (Å²) in [6.07, 6.45) is -6.64. The maximum atomic E-state index is 11.8. The van der Waals surface area contributed by atoms with Crippen molar-refractivity contribution in [2.24, 2.45) is 0 Å². The lowest BCUT2D eigenvalue weighted by Gasteiger charge is -2.43. The van der Waals surface area contributed by atoms with Gasteiger partial charge >= 0.3 is 23.9 Å². The molecular formula is C21H25ClO12S. The first-order valence-electron chi connectivity index (χ1n) is 10.2. The van der Waals surface area contributed by atoms with E-state index in [9.17, 15) is 27.6 Å². The number of halogens is 1. The molecule has 35 heavy (non-hydrogen) atoms.